The van der Waals surface area contributed by atoms with Gasteiger partial charge >= 0.3 is 27.1 Å². The van der Waals surface area contributed by atoms with Gasteiger partial charge in [0.05, 0.1) is 48.8 Å². The van der Waals surface area contributed by atoms with E-state index in [0.29, 0.717) is 49.4 Å². The van der Waals surface area contributed by atoms with Crippen molar-refractivity contribution in [2.24, 2.45) is 23.7 Å². The van der Waals surface area contributed by atoms with Gasteiger partial charge < -0.3 is 13.9 Å². The average molecular weight is 955 g/mol. The molecule has 0 spiro atoms. The van der Waals surface area contributed by atoms with Crippen molar-refractivity contribution in [3.8, 4) is 0 Å². The molecule has 12 nitrogen and oxygen atoms in total. The van der Waals surface area contributed by atoms with Crippen LogP contribution >= 0.6 is 61.3 Å². The second-order valence-corrected chi connectivity index (χ2v) is 31.6. The van der Waals surface area contributed by atoms with Gasteiger partial charge in [-0.2, -0.15) is 0 Å². The molecule has 0 aromatic carbocycles. The monoisotopic (exact) mass is 954 g/mol. The second kappa shape index (κ2) is 28.0. The molecule has 8 atom stereocenters. The van der Waals surface area contributed by atoms with Gasteiger partial charge in [0.2, 0.25) is 0 Å². The van der Waals surface area contributed by atoms with Crippen LogP contribution in [-0.4, -0.2) is 71.0 Å². The van der Waals surface area contributed by atoms with Gasteiger partial charge in [-0.25, -0.2) is 13.7 Å². The predicted molar refractivity (Wildman–Crippen MR) is 245 cm³/mol. The Bertz CT molecular complexity index is 1160. The standard InChI is InChI=1S/C36H78O12P4S4/c1-25(2)18-30(11)43-50(38,44-31(12)19-26(3)4)55-23-35(16)47-52(40,54-22-34(15)42-49(37,53)41-29(9)10)48-36(17)24-56-51(39,45-32(13)20-27(5)6)46-33(14)21-28(7)8/h25-36H,18-24H2,1-17H3,(H,37,53). The summed E-state index contributed by atoms with van der Waals surface area (Å²) in [5.41, 5.74) is 0. The zero-order valence-corrected chi connectivity index (χ0v) is 44.1. The van der Waals surface area contributed by atoms with Crippen molar-refractivity contribution in [2.75, 3.05) is 17.3 Å². The lowest BCUT2D eigenvalue weighted by Gasteiger charge is -2.29. The van der Waals surface area contributed by atoms with E-state index in [1.807, 2.05) is 27.7 Å². The van der Waals surface area contributed by atoms with Crippen molar-refractivity contribution in [1.82, 2.24) is 0 Å². The molecule has 0 fully saturated rings. The molecule has 0 rings (SSSR count). The quantitative estimate of drug-likeness (QED) is 0.0622. The van der Waals surface area contributed by atoms with Gasteiger partial charge in [-0.3, -0.25) is 27.1 Å². The van der Waals surface area contributed by atoms with E-state index in [1.165, 1.54) is 0 Å². The molecule has 0 aromatic heterocycles. The smallest absolute Gasteiger partial charge is 0.324 e. The van der Waals surface area contributed by atoms with Crippen LogP contribution in [0.25, 0.3) is 0 Å². The fourth-order valence-electron chi connectivity index (χ4n) is 5.61. The van der Waals surface area contributed by atoms with Crippen LogP contribution in [0.2, 0.25) is 0 Å². The molecule has 0 aliphatic heterocycles. The third-order valence-electron chi connectivity index (χ3n) is 7.13. The molecule has 0 saturated heterocycles. The van der Waals surface area contributed by atoms with Gasteiger partial charge in [-0.05, 0) is 158 Å². The Morgan fingerprint density at radius 2 is 0.607 bits per heavy atom. The van der Waals surface area contributed by atoms with Crippen molar-refractivity contribution in [1.29, 1.82) is 0 Å². The second-order valence-electron chi connectivity index (χ2n) is 16.8. The van der Waals surface area contributed by atoms with Crippen molar-refractivity contribution in [2.45, 2.75) is 192 Å². The van der Waals surface area contributed by atoms with Crippen molar-refractivity contribution < 1.29 is 54.8 Å². The molecule has 0 bridgehead atoms. The summed E-state index contributed by atoms with van der Waals surface area (Å²) in [4.78, 5) is 10.5. The summed E-state index contributed by atoms with van der Waals surface area (Å²) < 4.78 is 90.7. The SMILES string of the molecule is CC(C)CC(C)OP(=O)(OC(C)CC(C)C)SCC(C)OP(=O)(OC(C)CSP(=O)(OC(C)CC(C)C)OC(C)CC(C)C)SCC(C)OP(O)(=S)OC(C)C. The first-order valence-electron chi connectivity index (χ1n) is 20.0. The van der Waals surface area contributed by atoms with Crippen molar-refractivity contribution >= 4 is 73.1 Å². The van der Waals surface area contributed by atoms with Crippen LogP contribution < -0.4 is 0 Å². The fourth-order valence-corrected chi connectivity index (χ4v) is 20.3. The Labute approximate surface area is 359 Å². The minimum absolute atomic E-state index is 0.0751. The molecule has 0 aromatic rings. The highest BCUT2D eigenvalue weighted by Crippen LogP contribution is 2.67. The summed E-state index contributed by atoms with van der Waals surface area (Å²) >= 11 is 8.09. The maximum absolute atomic E-state index is 14.6. The third kappa shape index (κ3) is 29.4. The molecule has 0 radical (unpaired) electrons. The summed E-state index contributed by atoms with van der Waals surface area (Å²) in [6, 6.07) is 0. The fraction of sp³-hybridized carbons (Fsp3) is 1.00. The van der Waals surface area contributed by atoms with Crippen LogP contribution in [0, 0.1) is 23.7 Å². The van der Waals surface area contributed by atoms with E-state index in [1.54, 1.807) is 34.6 Å². The lowest BCUT2D eigenvalue weighted by molar-refractivity contribution is 0.118. The molecule has 0 amide bonds. The maximum Gasteiger partial charge on any atom is 0.389 e. The Kier molecular flexibility index (Phi) is 29.0. The van der Waals surface area contributed by atoms with E-state index in [4.69, 9.17) is 48.0 Å². The largest absolute Gasteiger partial charge is 0.389 e. The first-order valence-corrected chi connectivity index (χ1v) is 32.0. The molecule has 56 heavy (non-hydrogen) atoms. The van der Waals surface area contributed by atoms with Crippen LogP contribution in [-0.2, 0) is 61.7 Å². The normalized spacial score (nSPS) is 21.0. The van der Waals surface area contributed by atoms with Crippen LogP contribution in [0.4, 0.5) is 0 Å². The Morgan fingerprint density at radius 3 is 0.821 bits per heavy atom. The Morgan fingerprint density at radius 1 is 0.393 bits per heavy atom. The molecular formula is C36H78O12P4S4. The number of hydrogen-bond acceptors (Lipinski definition) is 15. The third-order valence-corrected chi connectivity index (χ3v) is 21.2. The number of hydrogen-bond donors (Lipinski definition) is 1. The van der Waals surface area contributed by atoms with Crippen molar-refractivity contribution in [3.05, 3.63) is 0 Å². The van der Waals surface area contributed by atoms with Gasteiger partial charge in [0, 0.05) is 17.3 Å². The first-order chi connectivity index (χ1) is 25.5. The molecule has 338 valence electrons. The van der Waals surface area contributed by atoms with Crippen LogP contribution in [0.5, 0.6) is 0 Å². The van der Waals surface area contributed by atoms with E-state index < -0.39 is 45.4 Å². The average Bonchev–Trinajstić information content (AvgIpc) is 2.95. The summed E-state index contributed by atoms with van der Waals surface area (Å²) in [6.07, 6.45) is -0.904. The first kappa shape index (κ1) is 58.0. The van der Waals surface area contributed by atoms with Gasteiger partial charge in [0.25, 0.3) is 0 Å². The minimum Gasteiger partial charge on any atom is -0.324 e. The highest BCUT2D eigenvalue weighted by atomic mass is 32.7. The lowest BCUT2D eigenvalue weighted by Crippen LogP contribution is -2.19. The highest BCUT2D eigenvalue weighted by molar-refractivity contribution is 8.56. The minimum atomic E-state index is -4.00. The molecule has 1 N–H and O–H groups in total. The van der Waals surface area contributed by atoms with Crippen molar-refractivity contribution in [3.63, 3.8) is 0 Å². The van der Waals surface area contributed by atoms with E-state index >= 15 is 0 Å². The molecule has 0 aliphatic carbocycles. The van der Waals surface area contributed by atoms with Gasteiger partial charge in [0.1, 0.15) is 0 Å². The maximum atomic E-state index is 14.6. The predicted octanol–water partition coefficient (Wildman–Crippen LogP) is 14.2. The Hall–Kier alpha value is 2.03. The van der Waals surface area contributed by atoms with Crippen LogP contribution in [0.3, 0.4) is 0 Å². The summed E-state index contributed by atoms with van der Waals surface area (Å²) in [5, 5.41) is 0. The summed E-state index contributed by atoms with van der Waals surface area (Å²) in [6.45, 7) is 17.8. The van der Waals surface area contributed by atoms with E-state index in [9.17, 15) is 18.6 Å². The van der Waals surface area contributed by atoms with E-state index in [0.717, 1.165) is 34.1 Å². The topological polar surface area (TPSA) is 145 Å². The summed E-state index contributed by atoms with van der Waals surface area (Å²) in [5.74, 6) is 1.66. The van der Waals surface area contributed by atoms with E-state index in [2.05, 4.69) is 55.4 Å². The zero-order valence-electron chi connectivity index (χ0n) is 37.2. The molecule has 0 aliphatic rings. The Balaban J connectivity index is 6.25. The van der Waals surface area contributed by atoms with Gasteiger partial charge in [0.15, 0.2) is 0 Å². The van der Waals surface area contributed by atoms with Gasteiger partial charge in [-0.15, -0.1) is 0 Å². The van der Waals surface area contributed by atoms with E-state index in [-0.39, 0.29) is 47.8 Å². The molecule has 0 heterocycles. The number of rotatable bonds is 33. The van der Waals surface area contributed by atoms with Crippen LogP contribution in [0.15, 0.2) is 0 Å². The zero-order chi connectivity index (χ0) is 43.7. The lowest BCUT2D eigenvalue weighted by atomic mass is 10.1. The molecule has 8 unspecified atom stereocenters. The molecule has 0 saturated carbocycles. The molecule has 20 heteroatoms. The summed E-state index contributed by atoms with van der Waals surface area (Å²) in [7, 11) is 0. The molecular weight excluding hydrogens is 877 g/mol. The van der Waals surface area contributed by atoms with Crippen LogP contribution in [0.1, 0.15) is 143 Å². The highest BCUT2D eigenvalue weighted by Gasteiger charge is 2.38. The van der Waals surface area contributed by atoms with Gasteiger partial charge in [-0.1, -0.05) is 55.4 Å².